The lowest BCUT2D eigenvalue weighted by molar-refractivity contribution is -0.145. The number of hydrogen-bond donors (Lipinski definition) is 1. The van der Waals surface area contributed by atoms with Crippen LogP contribution in [0.3, 0.4) is 0 Å². The van der Waals surface area contributed by atoms with Crippen molar-refractivity contribution >= 4 is 5.97 Å². The first kappa shape index (κ1) is 23.8. The molecule has 36 heavy (non-hydrogen) atoms. The van der Waals surface area contributed by atoms with Gasteiger partial charge in [0.05, 0.1) is 11.6 Å². The highest BCUT2D eigenvalue weighted by molar-refractivity contribution is 5.83. The fraction of sp³-hybridized carbons (Fsp3) is 0.182. The van der Waals surface area contributed by atoms with Crippen LogP contribution in [0, 0.1) is 6.92 Å². The predicted molar refractivity (Wildman–Crippen MR) is 146 cm³/mol. The number of aryl methyl sites for hydroxylation is 1. The number of nitrogens with one attached hydrogen (secondary N) is 1. The molecule has 4 aromatic carbocycles. The third-order valence-electron chi connectivity index (χ3n) is 7.07. The molecule has 1 N–H and O–H groups in total. The summed E-state index contributed by atoms with van der Waals surface area (Å²) >= 11 is 0. The van der Waals surface area contributed by atoms with Crippen LogP contribution >= 0.6 is 0 Å². The van der Waals surface area contributed by atoms with E-state index in [4.69, 9.17) is 4.74 Å². The smallest absolute Gasteiger partial charge is 0.303 e. The SMILES string of the molecule is C=C[C@H](OC(C)=O)[C@H](Cc1ccc(C)cc1)NC1(c2ccccc2)c2ccccc2-c2ccccc21. The molecule has 1 aliphatic carbocycles. The number of hydrogen-bond acceptors (Lipinski definition) is 3. The van der Waals surface area contributed by atoms with Gasteiger partial charge in [0.15, 0.2) is 0 Å². The summed E-state index contributed by atoms with van der Waals surface area (Å²) in [6.07, 6.45) is 1.89. The maximum Gasteiger partial charge on any atom is 0.303 e. The lowest BCUT2D eigenvalue weighted by atomic mass is 9.79. The molecular weight excluding hydrogens is 442 g/mol. The first-order valence-corrected chi connectivity index (χ1v) is 12.4. The van der Waals surface area contributed by atoms with Gasteiger partial charge in [-0.3, -0.25) is 10.1 Å². The summed E-state index contributed by atoms with van der Waals surface area (Å²) in [5, 5.41) is 4.03. The second kappa shape index (κ2) is 9.96. The Bertz CT molecular complexity index is 1330. The second-order valence-corrected chi connectivity index (χ2v) is 9.46. The molecule has 0 radical (unpaired) electrons. The standard InChI is InChI=1S/C33H31NO2/c1-4-32(36-24(3)35)31(22-25-20-18-23(2)19-21-25)34-33(26-12-6-5-7-13-26)29-16-10-8-14-27(29)28-15-9-11-17-30(28)33/h4-21,31-32,34H,1,22H2,2-3H3/t31-,32-/m0/s1. The lowest BCUT2D eigenvalue weighted by Crippen LogP contribution is -2.54. The monoisotopic (exact) mass is 473 g/mol. The Morgan fingerprint density at radius 2 is 1.42 bits per heavy atom. The van der Waals surface area contributed by atoms with E-state index in [-0.39, 0.29) is 12.0 Å². The fourth-order valence-corrected chi connectivity index (χ4v) is 5.46. The van der Waals surface area contributed by atoms with Crippen molar-refractivity contribution in [1.29, 1.82) is 0 Å². The van der Waals surface area contributed by atoms with E-state index in [1.807, 2.05) is 6.07 Å². The molecule has 0 saturated heterocycles. The van der Waals surface area contributed by atoms with Gasteiger partial charge >= 0.3 is 5.97 Å². The Morgan fingerprint density at radius 3 is 1.97 bits per heavy atom. The number of esters is 1. The Kier molecular flexibility index (Phi) is 6.58. The summed E-state index contributed by atoms with van der Waals surface area (Å²) in [7, 11) is 0. The van der Waals surface area contributed by atoms with Crippen molar-refractivity contribution < 1.29 is 9.53 Å². The average Bonchev–Trinajstić information content (AvgIpc) is 3.19. The van der Waals surface area contributed by atoms with Crippen LogP contribution in [0.1, 0.15) is 34.7 Å². The number of carbonyl (C=O) groups is 1. The van der Waals surface area contributed by atoms with Gasteiger partial charge in [-0.2, -0.15) is 0 Å². The third kappa shape index (κ3) is 4.27. The minimum absolute atomic E-state index is 0.228. The normalized spacial score (nSPS) is 14.8. The van der Waals surface area contributed by atoms with E-state index in [2.05, 4.69) is 116 Å². The second-order valence-electron chi connectivity index (χ2n) is 9.46. The highest BCUT2D eigenvalue weighted by atomic mass is 16.5. The number of fused-ring (bicyclic) bond motifs is 3. The zero-order chi connectivity index (χ0) is 25.1. The summed E-state index contributed by atoms with van der Waals surface area (Å²) in [4.78, 5) is 12.1. The van der Waals surface area contributed by atoms with E-state index in [1.54, 1.807) is 6.08 Å². The molecule has 0 heterocycles. The number of carbonyl (C=O) groups excluding carboxylic acids is 1. The van der Waals surface area contributed by atoms with E-state index < -0.39 is 11.6 Å². The predicted octanol–water partition coefficient (Wildman–Crippen LogP) is 6.59. The van der Waals surface area contributed by atoms with Gasteiger partial charge in [0.25, 0.3) is 0 Å². The molecule has 0 amide bonds. The van der Waals surface area contributed by atoms with Gasteiger partial charge in [-0.1, -0.05) is 115 Å². The molecule has 0 aliphatic heterocycles. The Balaban J connectivity index is 1.70. The number of ether oxygens (including phenoxy) is 1. The van der Waals surface area contributed by atoms with Gasteiger partial charge in [0.2, 0.25) is 0 Å². The molecule has 5 rings (SSSR count). The van der Waals surface area contributed by atoms with Crippen LogP contribution in [0.2, 0.25) is 0 Å². The molecule has 0 bridgehead atoms. The summed E-state index contributed by atoms with van der Waals surface area (Å²) in [6.45, 7) is 7.57. The van der Waals surface area contributed by atoms with Crippen LogP contribution in [-0.2, 0) is 21.5 Å². The van der Waals surface area contributed by atoms with Crippen LogP contribution in [-0.4, -0.2) is 18.1 Å². The van der Waals surface area contributed by atoms with E-state index in [9.17, 15) is 4.79 Å². The zero-order valence-electron chi connectivity index (χ0n) is 20.8. The Hall–Kier alpha value is -3.95. The topological polar surface area (TPSA) is 38.3 Å². The van der Waals surface area contributed by atoms with Crippen molar-refractivity contribution in [3.8, 4) is 11.1 Å². The molecule has 0 unspecified atom stereocenters. The van der Waals surface area contributed by atoms with Crippen molar-refractivity contribution in [2.24, 2.45) is 0 Å². The molecule has 0 aromatic heterocycles. The van der Waals surface area contributed by atoms with Gasteiger partial charge < -0.3 is 4.74 Å². The molecule has 0 fully saturated rings. The highest BCUT2D eigenvalue weighted by Gasteiger charge is 2.46. The van der Waals surface area contributed by atoms with Crippen molar-refractivity contribution in [3.05, 3.63) is 144 Å². The van der Waals surface area contributed by atoms with Gasteiger partial charge in [-0.15, -0.1) is 0 Å². The summed E-state index contributed by atoms with van der Waals surface area (Å²) in [6, 6.07) is 36.0. The van der Waals surface area contributed by atoms with E-state index in [1.165, 1.54) is 40.3 Å². The van der Waals surface area contributed by atoms with Gasteiger partial charge in [-0.25, -0.2) is 0 Å². The van der Waals surface area contributed by atoms with E-state index >= 15 is 0 Å². The molecular formula is C33H31NO2. The number of benzene rings is 4. The molecule has 4 aromatic rings. The maximum absolute atomic E-state index is 12.1. The van der Waals surface area contributed by atoms with Crippen LogP contribution in [0.15, 0.2) is 116 Å². The van der Waals surface area contributed by atoms with Crippen LogP contribution in [0.5, 0.6) is 0 Å². The van der Waals surface area contributed by atoms with Gasteiger partial charge in [0, 0.05) is 6.92 Å². The third-order valence-corrected chi connectivity index (χ3v) is 7.07. The van der Waals surface area contributed by atoms with Crippen molar-refractivity contribution in [3.63, 3.8) is 0 Å². The summed E-state index contributed by atoms with van der Waals surface area (Å²) in [5.74, 6) is -0.323. The van der Waals surface area contributed by atoms with Crippen LogP contribution < -0.4 is 5.32 Å². The minimum Gasteiger partial charge on any atom is -0.457 e. The summed E-state index contributed by atoms with van der Waals surface area (Å²) < 4.78 is 5.81. The molecule has 0 saturated carbocycles. The van der Waals surface area contributed by atoms with E-state index in [0.717, 1.165) is 5.56 Å². The molecule has 180 valence electrons. The zero-order valence-corrected chi connectivity index (χ0v) is 20.8. The van der Waals surface area contributed by atoms with Crippen molar-refractivity contribution in [1.82, 2.24) is 5.32 Å². The quantitative estimate of drug-likeness (QED) is 0.232. The van der Waals surface area contributed by atoms with Crippen LogP contribution in [0.4, 0.5) is 0 Å². The Labute approximate surface area is 213 Å². The van der Waals surface area contributed by atoms with Gasteiger partial charge in [0.1, 0.15) is 6.10 Å². The first-order valence-electron chi connectivity index (χ1n) is 12.4. The maximum atomic E-state index is 12.1. The van der Waals surface area contributed by atoms with Crippen molar-refractivity contribution in [2.75, 3.05) is 0 Å². The van der Waals surface area contributed by atoms with E-state index in [0.29, 0.717) is 6.42 Å². The number of rotatable bonds is 8. The fourth-order valence-electron chi connectivity index (χ4n) is 5.46. The highest BCUT2D eigenvalue weighted by Crippen LogP contribution is 2.51. The summed E-state index contributed by atoms with van der Waals surface area (Å²) in [5.41, 5.74) is 7.70. The van der Waals surface area contributed by atoms with Crippen LogP contribution in [0.25, 0.3) is 11.1 Å². The molecule has 3 heteroatoms. The largest absolute Gasteiger partial charge is 0.457 e. The molecule has 0 spiro atoms. The average molecular weight is 474 g/mol. The van der Waals surface area contributed by atoms with Gasteiger partial charge in [-0.05, 0) is 52.8 Å². The first-order chi connectivity index (χ1) is 17.5. The Morgan fingerprint density at radius 1 is 0.861 bits per heavy atom. The minimum atomic E-state index is -0.620. The molecule has 3 nitrogen and oxygen atoms in total. The lowest BCUT2D eigenvalue weighted by Gasteiger charge is -2.39. The molecule has 1 aliphatic rings. The molecule has 2 atom stereocenters. The van der Waals surface area contributed by atoms with Crippen molar-refractivity contribution in [2.45, 2.75) is 38.0 Å².